The largest absolute Gasteiger partial charge is 0.465 e. The summed E-state index contributed by atoms with van der Waals surface area (Å²) in [6.07, 6.45) is 0. The summed E-state index contributed by atoms with van der Waals surface area (Å²) in [6.45, 7) is 0. The van der Waals surface area contributed by atoms with Crippen LogP contribution in [0, 0.1) is 0 Å². The van der Waals surface area contributed by atoms with Crippen molar-refractivity contribution in [3.05, 3.63) is 95.1 Å². The van der Waals surface area contributed by atoms with Gasteiger partial charge in [0.1, 0.15) is 0 Å². The van der Waals surface area contributed by atoms with E-state index in [4.69, 9.17) is 9.47 Å². The number of carbonyl (C=O) groups is 3. The Kier molecular flexibility index (Phi) is 5.02. The summed E-state index contributed by atoms with van der Waals surface area (Å²) in [6, 6.07) is 21.4. The average Bonchev–Trinajstić information content (AvgIpc) is 2.80. The van der Waals surface area contributed by atoms with E-state index in [1.807, 2.05) is 48.5 Å². The van der Waals surface area contributed by atoms with Crippen LogP contribution in [0.5, 0.6) is 0 Å². The third kappa shape index (κ3) is 3.31. The summed E-state index contributed by atoms with van der Waals surface area (Å²) in [5, 5.41) is 3.21. The van der Waals surface area contributed by atoms with Gasteiger partial charge in [-0.1, -0.05) is 48.5 Å². The van der Waals surface area contributed by atoms with Gasteiger partial charge in [-0.3, -0.25) is 4.79 Å². The van der Waals surface area contributed by atoms with E-state index in [0.717, 1.165) is 21.5 Å². The molecule has 0 aromatic heterocycles. The van der Waals surface area contributed by atoms with Crippen molar-refractivity contribution in [2.24, 2.45) is 0 Å². The van der Waals surface area contributed by atoms with E-state index in [9.17, 15) is 14.4 Å². The Morgan fingerprint density at radius 1 is 0.533 bits per heavy atom. The Bertz CT molecular complexity index is 1220. The van der Waals surface area contributed by atoms with Crippen LogP contribution < -0.4 is 0 Å². The first-order valence-corrected chi connectivity index (χ1v) is 9.30. The smallest absolute Gasteiger partial charge is 0.338 e. The lowest BCUT2D eigenvalue weighted by Crippen LogP contribution is -2.15. The fourth-order valence-corrected chi connectivity index (χ4v) is 3.56. The Morgan fingerprint density at radius 3 is 1.13 bits per heavy atom. The first-order valence-electron chi connectivity index (χ1n) is 9.30. The molecule has 0 spiro atoms. The molecule has 0 saturated carbocycles. The van der Waals surface area contributed by atoms with E-state index < -0.39 is 17.7 Å². The third-order valence-electron chi connectivity index (χ3n) is 5.07. The van der Waals surface area contributed by atoms with Crippen molar-refractivity contribution in [2.45, 2.75) is 0 Å². The number of carbonyl (C=O) groups excluding carboxylic acids is 3. The van der Waals surface area contributed by atoms with Crippen molar-refractivity contribution >= 4 is 39.3 Å². The maximum absolute atomic E-state index is 13.6. The highest BCUT2D eigenvalue weighted by Gasteiger charge is 2.25. The van der Waals surface area contributed by atoms with Crippen LogP contribution >= 0.6 is 0 Å². The highest BCUT2D eigenvalue weighted by atomic mass is 16.5. The van der Waals surface area contributed by atoms with Gasteiger partial charge in [0, 0.05) is 11.1 Å². The topological polar surface area (TPSA) is 69.7 Å². The Morgan fingerprint density at radius 2 is 0.833 bits per heavy atom. The van der Waals surface area contributed by atoms with Crippen LogP contribution in [0.3, 0.4) is 0 Å². The molecule has 0 unspecified atom stereocenters. The molecule has 4 rings (SSSR count). The summed E-state index contributed by atoms with van der Waals surface area (Å²) in [5.41, 5.74) is 0.623. The zero-order valence-corrected chi connectivity index (χ0v) is 16.5. The zero-order chi connectivity index (χ0) is 21.3. The lowest BCUT2D eigenvalue weighted by molar-refractivity contribution is 0.0592. The molecule has 4 aromatic rings. The summed E-state index contributed by atoms with van der Waals surface area (Å²) in [4.78, 5) is 38.5. The van der Waals surface area contributed by atoms with Crippen LogP contribution in [0.2, 0.25) is 0 Å². The van der Waals surface area contributed by atoms with Crippen molar-refractivity contribution in [1.82, 2.24) is 0 Å². The number of hydrogen-bond acceptors (Lipinski definition) is 5. The Balaban J connectivity index is 1.99. The van der Waals surface area contributed by atoms with Gasteiger partial charge in [0.25, 0.3) is 0 Å². The predicted octanol–water partition coefficient (Wildman–Crippen LogP) is 4.80. The quantitative estimate of drug-likeness (QED) is 0.365. The molecular formula is C25H18O5. The minimum atomic E-state index is -0.621. The van der Waals surface area contributed by atoms with Gasteiger partial charge in [0.05, 0.1) is 25.3 Å². The van der Waals surface area contributed by atoms with Crippen molar-refractivity contribution < 1.29 is 23.9 Å². The second-order valence-corrected chi connectivity index (χ2v) is 6.80. The molecule has 0 atom stereocenters. The first-order chi connectivity index (χ1) is 14.5. The molecule has 0 aliphatic heterocycles. The predicted molar refractivity (Wildman–Crippen MR) is 114 cm³/mol. The van der Waals surface area contributed by atoms with Crippen LogP contribution in [0.1, 0.15) is 36.6 Å². The molecule has 0 heterocycles. The fourth-order valence-electron chi connectivity index (χ4n) is 3.56. The molecule has 0 aliphatic rings. The molecule has 30 heavy (non-hydrogen) atoms. The number of ether oxygens (including phenoxy) is 2. The molecule has 5 nitrogen and oxygen atoms in total. The first kappa shape index (κ1) is 19.3. The fraction of sp³-hybridized carbons (Fsp3) is 0.0800. The number of benzene rings is 4. The lowest BCUT2D eigenvalue weighted by Gasteiger charge is -2.13. The number of rotatable bonds is 4. The van der Waals surface area contributed by atoms with Gasteiger partial charge in [-0.15, -0.1) is 0 Å². The number of ketones is 1. The molecule has 0 fully saturated rings. The minimum Gasteiger partial charge on any atom is -0.465 e. The number of esters is 2. The van der Waals surface area contributed by atoms with Gasteiger partial charge in [-0.2, -0.15) is 0 Å². The summed E-state index contributed by atoms with van der Waals surface area (Å²) in [5.74, 6) is -1.69. The molecular weight excluding hydrogens is 380 g/mol. The second-order valence-electron chi connectivity index (χ2n) is 6.80. The van der Waals surface area contributed by atoms with Crippen molar-refractivity contribution in [3.8, 4) is 0 Å². The van der Waals surface area contributed by atoms with Crippen molar-refractivity contribution in [2.75, 3.05) is 14.2 Å². The molecule has 0 aliphatic carbocycles. The Hall–Kier alpha value is -3.99. The van der Waals surface area contributed by atoms with Crippen molar-refractivity contribution in [1.29, 1.82) is 0 Å². The zero-order valence-electron chi connectivity index (χ0n) is 16.5. The molecule has 5 heteroatoms. The minimum absolute atomic E-state index is 0.144. The highest BCUT2D eigenvalue weighted by molar-refractivity contribution is 6.21. The van der Waals surface area contributed by atoms with E-state index >= 15 is 0 Å². The van der Waals surface area contributed by atoms with E-state index in [1.54, 1.807) is 24.3 Å². The normalized spacial score (nSPS) is 10.7. The molecule has 0 N–H and O–H groups in total. The number of methoxy groups -OCH3 is 2. The summed E-state index contributed by atoms with van der Waals surface area (Å²) < 4.78 is 9.80. The molecule has 148 valence electrons. The van der Waals surface area contributed by atoms with Crippen LogP contribution in [-0.4, -0.2) is 31.9 Å². The molecule has 4 aromatic carbocycles. The lowest BCUT2D eigenvalue weighted by atomic mass is 9.91. The SMILES string of the molecule is COC(=O)c1cc2ccccc2cc1C(=O)c1cc2ccccc2cc1C(=O)OC. The highest BCUT2D eigenvalue weighted by Crippen LogP contribution is 2.27. The number of fused-ring (bicyclic) bond motifs is 2. The van der Waals surface area contributed by atoms with Gasteiger partial charge in [-0.25, -0.2) is 9.59 Å². The van der Waals surface area contributed by atoms with Gasteiger partial charge < -0.3 is 9.47 Å². The van der Waals surface area contributed by atoms with Crippen molar-refractivity contribution in [3.63, 3.8) is 0 Å². The van der Waals surface area contributed by atoms with Crippen LogP contribution in [0.25, 0.3) is 21.5 Å². The maximum Gasteiger partial charge on any atom is 0.338 e. The summed E-state index contributed by atoms with van der Waals surface area (Å²) in [7, 11) is 2.53. The van der Waals surface area contributed by atoms with E-state index in [1.165, 1.54) is 14.2 Å². The Labute approximate surface area is 172 Å². The van der Waals surface area contributed by atoms with E-state index in [-0.39, 0.29) is 22.3 Å². The van der Waals surface area contributed by atoms with Gasteiger partial charge in [-0.05, 0) is 45.8 Å². The molecule has 0 saturated heterocycles. The van der Waals surface area contributed by atoms with Crippen LogP contribution in [0.15, 0.2) is 72.8 Å². The maximum atomic E-state index is 13.6. The van der Waals surface area contributed by atoms with Gasteiger partial charge >= 0.3 is 11.9 Å². The summed E-state index contributed by atoms with van der Waals surface area (Å²) >= 11 is 0. The number of hydrogen-bond donors (Lipinski definition) is 0. The van der Waals surface area contributed by atoms with E-state index in [2.05, 4.69) is 0 Å². The van der Waals surface area contributed by atoms with Gasteiger partial charge in [0.2, 0.25) is 0 Å². The third-order valence-corrected chi connectivity index (χ3v) is 5.07. The standard InChI is InChI=1S/C25H18O5/c1-29-24(27)21-13-17-9-5-3-7-15(17)11-19(21)23(26)20-12-16-8-4-6-10-18(16)14-22(20)25(28)30-2/h3-14H,1-2H3. The van der Waals surface area contributed by atoms with Crippen LogP contribution in [0.4, 0.5) is 0 Å². The van der Waals surface area contributed by atoms with Crippen LogP contribution in [-0.2, 0) is 9.47 Å². The molecule has 0 amide bonds. The monoisotopic (exact) mass is 398 g/mol. The second kappa shape index (κ2) is 7.79. The van der Waals surface area contributed by atoms with E-state index in [0.29, 0.717) is 0 Å². The van der Waals surface area contributed by atoms with Gasteiger partial charge in [0.15, 0.2) is 5.78 Å². The molecule has 0 radical (unpaired) electrons. The molecule has 0 bridgehead atoms. The average molecular weight is 398 g/mol.